The number of fused-ring (bicyclic) bond motifs is 1. The summed E-state index contributed by atoms with van der Waals surface area (Å²) in [6, 6.07) is 0. The number of rotatable bonds is 6. The van der Waals surface area contributed by atoms with E-state index in [0.29, 0.717) is 17.3 Å². The third kappa shape index (κ3) is 5.30. The first kappa shape index (κ1) is 23.8. The van der Waals surface area contributed by atoms with Gasteiger partial charge in [-0.1, -0.05) is 57.9 Å². The molecule has 0 bridgehead atoms. The van der Waals surface area contributed by atoms with Crippen molar-refractivity contribution >= 4 is 0 Å². The van der Waals surface area contributed by atoms with Gasteiger partial charge in [-0.25, -0.2) is 0 Å². The molecular weight excluding hydrogens is 368 g/mol. The first-order chi connectivity index (χ1) is 14.0. The van der Waals surface area contributed by atoms with Crippen LogP contribution in [0.5, 0.6) is 0 Å². The van der Waals surface area contributed by atoms with Crippen LogP contribution in [0.4, 0.5) is 0 Å². The highest BCUT2D eigenvalue weighted by Crippen LogP contribution is 2.60. The largest absolute Gasteiger partial charge is 0.393 e. The van der Waals surface area contributed by atoms with Gasteiger partial charge in [0.1, 0.15) is 0 Å². The molecule has 2 heteroatoms. The van der Waals surface area contributed by atoms with Crippen molar-refractivity contribution in [3.05, 3.63) is 35.5 Å². The second-order valence-corrected chi connectivity index (χ2v) is 11.7. The van der Waals surface area contributed by atoms with E-state index in [0.717, 1.165) is 37.5 Å². The fourth-order valence-electron chi connectivity index (χ4n) is 6.99. The molecular formula is C28H46O2. The van der Waals surface area contributed by atoms with Gasteiger partial charge in [-0.05, 0) is 105 Å². The quantitative estimate of drug-likeness (QED) is 0.492. The Bertz CT molecular complexity index is 679. The molecule has 0 aromatic carbocycles. The minimum atomic E-state index is -0.537. The van der Waals surface area contributed by atoms with Gasteiger partial charge in [0.2, 0.25) is 0 Å². The van der Waals surface area contributed by atoms with Gasteiger partial charge in [-0.3, -0.25) is 0 Å². The van der Waals surface area contributed by atoms with E-state index in [1.54, 1.807) is 5.57 Å². The van der Waals surface area contributed by atoms with Crippen LogP contribution in [0.15, 0.2) is 35.5 Å². The van der Waals surface area contributed by atoms with Crippen molar-refractivity contribution in [3.8, 4) is 0 Å². The van der Waals surface area contributed by atoms with Crippen molar-refractivity contribution < 1.29 is 10.2 Å². The Hall–Kier alpha value is -0.860. The Kier molecular flexibility index (Phi) is 7.40. The number of allylic oxidation sites excluding steroid dienone is 4. The average Bonchev–Trinajstić information content (AvgIpc) is 3.00. The topological polar surface area (TPSA) is 40.5 Å². The van der Waals surface area contributed by atoms with Crippen molar-refractivity contribution in [2.75, 3.05) is 0 Å². The van der Waals surface area contributed by atoms with Gasteiger partial charge in [0.05, 0.1) is 11.7 Å². The van der Waals surface area contributed by atoms with Gasteiger partial charge >= 0.3 is 0 Å². The van der Waals surface area contributed by atoms with Crippen LogP contribution in [0.2, 0.25) is 0 Å². The molecule has 3 fully saturated rings. The van der Waals surface area contributed by atoms with Crippen molar-refractivity contribution in [2.24, 2.45) is 29.1 Å². The maximum Gasteiger partial charge on any atom is 0.0591 e. The van der Waals surface area contributed by atoms with Crippen LogP contribution in [0.25, 0.3) is 0 Å². The molecule has 0 heterocycles. The first-order valence-electron chi connectivity index (χ1n) is 12.5. The maximum absolute atomic E-state index is 10.2. The summed E-state index contributed by atoms with van der Waals surface area (Å²) in [5.41, 5.74) is 4.01. The molecule has 0 aliphatic heterocycles. The van der Waals surface area contributed by atoms with E-state index < -0.39 is 5.60 Å². The van der Waals surface area contributed by atoms with E-state index in [1.165, 1.54) is 49.7 Å². The first-order valence-corrected chi connectivity index (χ1v) is 12.5. The van der Waals surface area contributed by atoms with Gasteiger partial charge in [-0.2, -0.15) is 0 Å². The lowest BCUT2D eigenvalue weighted by atomic mass is 9.60. The molecule has 0 radical (unpaired) electrons. The van der Waals surface area contributed by atoms with Crippen LogP contribution in [0.1, 0.15) is 98.8 Å². The van der Waals surface area contributed by atoms with E-state index in [2.05, 4.69) is 39.5 Å². The van der Waals surface area contributed by atoms with E-state index in [1.807, 2.05) is 13.8 Å². The van der Waals surface area contributed by atoms with Crippen molar-refractivity contribution in [2.45, 2.75) is 111 Å². The Balaban J connectivity index is 1.70. The van der Waals surface area contributed by atoms with Crippen LogP contribution in [-0.4, -0.2) is 21.9 Å². The second-order valence-electron chi connectivity index (χ2n) is 11.7. The summed E-state index contributed by atoms with van der Waals surface area (Å²) in [6.07, 6.45) is 15.9. The number of hydrogen-bond donors (Lipinski definition) is 2. The lowest BCUT2D eigenvalue weighted by Gasteiger charge is -2.44. The van der Waals surface area contributed by atoms with Crippen molar-refractivity contribution in [1.82, 2.24) is 0 Å². The highest BCUT2D eigenvalue weighted by molar-refractivity contribution is 5.37. The van der Waals surface area contributed by atoms with Crippen LogP contribution >= 0.6 is 0 Å². The molecule has 2 N–H and O–H groups in total. The van der Waals surface area contributed by atoms with Gasteiger partial charge in [0.15, 0.2) is 0 Å². The fourth-order valence-corrected chi connectivity index (χ4v) is 6.99. The summed E-state index contributed by atoms with van der Waals surface area (Å²) in [5, 5.41) is 20.2. The third-order valence-corrected chi connectivity index (χ3v) is 8.76. The standard InChI is InChI=1S/C28H46O2/c1-19(9-7-15-27(4,5)30)25-13-14-26-22(10-8-16-28(25,26)6)11-12-23-18-24(29)17-20(2)21(23)3/h11-12,19-20,24-26,29-30H,3,7-10,13-18H2,1-2,4-6H3/t19-,20+,24+,25-,26+,28-/m1/s1. The van der Waals surface area contributed by atoms with Gasteiger partial charge in [0.25, 0.3) is 0 Å². The highest BCUT2D eigenvalue weighted by atomic mass is 16.3. The molecule has 3 rings (SSSR count). The molecule has 6 atom stereocenters. The summed E-state index contributed by atoms with van der Waals surface area (Å²) in [6.45, 7) is 15.4. The fraction of sp³-hybridized carbons (Fsp3) is 0.786. The number of aliphatic hydroxyl groups is 2. The Labute approximate surface area is 185 Å². The Morgan fingerprint density at radius 3 is 2.70 bits per heavy atom. The lowest BCUT2D eigenvalue weighted by Crippen LogP contribution is -2.36. The molecule has 3 aliphatic rings. The molecule has 30 heavy (non-hydrogen) atoms. The summed E-state index contributed by atoms with van der Waals surface area (Å²) in [5.74, 6) is 2.63. The molecule has 3 saturated carbocycles. The SMILES string of the molecule is C=C1C(=CC=C2CCC[C@]3(C)[C@@H]([C@H](C)CCCC(C)(C)O)CC[C@@H]23)C[C@@H](O)C[C@@H]1C. The molecule has 0 aromatic rings. The molecule has 0 amide bonds. The zero-order chi connectivity index (χ0) is 22.1. The lowest BCUT2D eigenvalue weighted by molar-refractivity contribution is 0.0596. The average molecular weight is 415 g/mol. The molecule has 170 valence electrons. The summed E-state index contributed by atoms with van der Waals surface area (Å²) < 4.78 is 0. The van der Waals surface area contributed by atoms with Crippen molar-refractivity contribution in [1.29, 1.82) is 0 Å². The zero-order valence-electron chi connectivity index (χ0n) is 20.2. The van der Waals surface area contributed by atoms with Crippen LogP contribution in [0, 0.1) is 29.1 Å². The maximum atomic E-state index is 10.2. The van der Waals surface area contributed by atoms with E-state index in [4.69, 9.17) is 0 Å². The molecule has 0 aromatic heterocycles. The zero-order valence-corrected chi connectivity index (χ0v) is 20.2. The predicted octanol–water partition coefficient (Wildman–Crippen LogP) is 6.98. The molecule has 2 nitrogen and oxygen atoms in total. The predicted molar refractivity (Wildman–Crippen MR) is 127 cm³/mol. The van der Waals surface area contributed by atoms with E-state index >= 15 is 0 Å². The van der Waals surface area contributed by atoms with Crippen LogP contribution < -0.4 is 0 Å². The summed E-state index contributed by atoms with van der Waals surface area (Å²) >= 11 is 0. The molecule has 0 unspecified atom stereocenters. The Morgan fingerprint density at radius 2 is 2.00 bits per heavy atom. The summed E-state index contributed by atoms with van der Waals surface area (Å²) in [4.78, 5) is 0. The second kappa shape index (κ2) is 9.33. The third-order valence-electron chi connectivity index (χ3n) is 8.76. The smallest absolute Gasteiger partial charge is 0.0591 e. The Morgan fingerprint density at radius 1 is 1.27 bits per heavy atom. The van der Waals surface area contributed by atoms with Gasteiger partial charge in [0, 0.05) is 0 Å². The van der Waals surface area contributed by atoms with Gasteiger partial charge in [-0.15, -0.1) is 0 Å². The van der Waals surface area contributed by atoms with Gasteiger partial charge < -0.3 is 10.2 Å². The molecule has 0 saturated heterocycles. The van der Waals surface area contributed by atoms with Crippen molar-refractivity contribution in [3.63, 3.8) is 0 Å². The monoisotopic (exact) mass is 414 g/mol. The summed E-state index contributed by atoms with van der Waals surface area (Å²) in [7, 11) is 0. The van der Waals surface area contributed by atoms with Crippen LogP contribution in [0.3, 0.4) is 0 Å². The minimum absolute atomic E-state index is 0.215. The number of hydrogen-bond acceptors (Lipinski definition) is 2. The van der Waals surface area contributed by atoms with E-state index in [9.17, 15) is 10.2 Å². The number of aliphatic hydroxyl groups excluding tert-OH is 1. The normalized spacial score (nSPS) is 38.8. The molecule has 0 spiro atoms. The molecule has 3 aliphatic carbocycles. The van der Waals surface area contributed by atoms with Crippen LogP contribution in [-0.2, 0) is 0 Å². The van der Waals surface area contributed by atoms with E-state index in [-0.39, 0.29) is 6.10 Å². The minimum Gasteiger partial charge on any atom is -0.393 e. The highest BCUT2D eigenvalue weighted by Gasteiger charge is 2.50.